The van der Waals surface area contributed by atoms with Crippen molar-refractivity contribution in [1.82, 2.24) is 10.3 Å². The minimum atomic E-state index is -0.267. The van der Waals surface area contributed by atoms with Crippen LogP contribution in [-0.4, -0.2) is 29.9 Å². The third-order valence-electron chi connectivity index (χ3n) is 5.01. The van der Waals surface area contributed by atoms with Crippen LogP contribution in [-0.2, 0) is 28.9 Å². The van der Waals surface area contributed by atoms with Crippen molar-refractivity contribution in [2.45, 2.75) is 32.1 Å². The number of anilines is 1. The van der Waals surface area contributed by atoms with Crippen molar-refractivity contribution in [3.63, 3.8) is 0 Å². The van der Waals surface area contributed by atoms with Gasteiger partial charge in [0.2, 0.25) is 11.8 Å². The molecule has 1 N–H and O–H groups in total. The lowest BCUT2D eigenvalue weighted by Gasteiger charge is -2.18. The third-order valence-corrected chi connectivity index (χ3v) is 5.85. The molecule has 2 aliphatic rings. The van der Waals surface area contributed by atoms with Crippen LogP contribution in [0.2, 0.25) is 0 Å². The molecule has 25 heavy (non-hydrogen) atoms. The number of hydrogen-bond donors (Lipinski definition) is 1. The highest BCUT2D eigenvalue weighted by Gasteiger charge is 2.35. The van der Waals surface area contributed by atoms with E-state index >= 15 is 0 Å². The van der Waals surface area contributed by atoms with E-state index < -0.39 is 0 Å². The number of carbonyl (C=O) groups excluding carboxylic acids is 2. The fourth-order valence-electron chi connectivity index (χ4n) is 3.67. The van der Waals surface area contributed by atoms with Gasteiger partial charge in [0.25, 0.3) is 0 Å². The predicted octanol–water partition coefficient (Wildman–Crippen LogP) is 2.34. The standard InChI is InChI=1S/C19H21N3O2S/c23-18-11-15(19(24)21-7-6-17-20-8-9-25-17)12-22(18)16-5-4-13-2-1-3-14(13)10-16/h4-5,8-10,15H,1-3,6-7,11-12H2,(H,21,24). The number of nitrogens with zero attached hydrogens (tertiary/aromatic N) is 2. The lowest BCUT2D eigenvalue weighted by molar-refractivity contribution is -0.126. The molecule has 0 spiro atoms. The first-order valence-electron chi connectivity index (χ1n) is 8.79. The molecule has 5 nitrogen and oxygen atoms in total. The van der Waals surface area contributed by atoms with Gasteiger partial charge in [0, 0.05) is 43.2 Å². The molecule has 0 saturated carbocycles. The van der Waals surface area contributed by atoms with E-state index in [1.165, 1.54) is 17.5 Å². The second-order valence-corrected chi connectivity index (χ2v) is 7.66. The Morgan fingerprint density at radius 1 is 1.32 bits per heavy atom. The summed E-state index contributed by atoms with van der Waals surface area (Å²) in [6.45, 7) is 1.04. The zero-order valence-electron chi connectivity index (χ0n) is 14.0. The topological polar surface area (TPSA) is 62.3 Å². The van der Waals surface area contributed by atoms with Crippen LogP contribution in [0.3, 0.4) is 0 Å². The summed E-state index contributed by atoms with van der Waals surface area (Å²) in [5, 5.41) is 5.89. The zero-order valence-corrected chi connectivity index (χ0v) is 14.8. The molecule has 1 aliphatic carbocycles. The van der Waals surface area contributed by atoms with Gasteiger partial charge in [-0.15, -0.1) is 11.3 Å². The molecule has 2 aromatic rings. The monoisotopic (exact) mass is 355 g/mol. The van der Waals surface area contributed by atoms with Crippen LogP contribution in [0.5, 0.6) is 0 Å². The first-order chi connectivity index (χ1) is 12.2. The van der Waals surface area contributed by atoms with Crippen LogP contribution in [0.25, 0.3) is 0 Å². The van der Waals surface area contributed by atoms with Gasteiger partial charge in [0.1, 0.15) is 0 Å². The molecule has 1 aromatic heterocycles. The van der Waals surface area contributed by atoms with Crippen LogP contribution in [0, 0.1) is 5.92 Å². The summed E-state index contributed by atoms with van der Waals surface area (Å²) in [6, 6.07) is 6.28. The predicted molar refractivity (Wildman–Crippen MR) is 97.8 cm³/mol. The van der Waals surface area contributed by atoms with E-state index in [0.717, 1.165) is 30.0 Å². The zero-order chi connectivity index (χ0) is 17.2. The molecule has 0 bridgehead atoms. The Morgan fingerprint density at radius 2 is 2.20 bits per heavy atom. The molecule has 1 fully saturated rings. The normalized spacial score (nSPS) is 19.3. The van der Waals surface area contributed by atoms with Crippen molar-refractivity contribution < 1.29 is 9.59 Å². The van der Waals surface area contributed by atoms with E-state index in [1.807, 2.05) is 11.4 Å². The van der Waals surface area contributed by atoms with Crippen LogP contribution in [0.1, 0.15) is 29.0 Å². The number of aryl methyl sites for hydroxylation is 2. The molecule has 1 atom stereocenters. The Morgan fingerprint density at radius 3 is 3.04 bits per heavy atom. The third kappa shape index (κ3) is 3.44. The summed E-state index contributed by atoms with van der Waals surface area (Å²) in [5.41, 5.74) is 3.68. The van der Waals surface area contributed by atoms with Gasteiger partial charge in [-0.05, 0) is 42.5 Å². The second kappa shape index (κ2) is 6.96. The van der Waals surface area contributed by atoms with Crippen molar-refractivity contribution in [3.8, 4) is 0 Å². The summed E-state index contributed by atoms with van der Waals surface area (Å²) >= 11 is 1.59. The Balaban J connectivity index is 1.35. The van der Waals surface area contributed by atoms with E-state index in [-0.39, 0.29) is 17.7 Å². The summed E-state index contributed by atoms with van der Waals surface area (Å²) in [5.74, 6) is -0.261. The molecule has 4 rings (SSSR count). The number of thiazole rings is 1. The molecule has 1 saturated heterocycles. The number of nitrogens with one attached hydrogen (secondary N) is 1. The highest BCUT2D eigenvalue weighted by molar-refractivity contribution is 7.09. The molecule has 1 aromatic carbocycles. The van der Waals surface area contributed by atoms with Gasteiger partial charge in [-0.3, -0.25) is 9.59 Å². The first-order valence-corrected chi connectivity index (χ1v) is 9.67. The second-order valence-electron chi connectivity index (χ2n) is 6.68. The molecule has 130 valence electrons. The molecular formula is C19H21N3O2S. The Hall–Kier alpha value is -2.21. The first kappa shape index (κ1) is 16.3. The van der Waals surface area contributed by atoms with Gasteiger partial charge in [-0.2, -0.15) is 0 Å². The molecule has 0 radical (unpaired) electrons. The maximum absolute atomic E-state index is 12.4. The summed E-state index contributed by atoms with van der Waals surface area (Å²) < 4.78 is 0. The largest absolute Gasteiger partial charge is 0.355 e. The van der Waals surface area contributed by atoms with Crippen LogP contribution >= 0.6 is 11.3 Å². The van der Waals surface area contributed by atoms with Crippen molar-refractivity contribution in [3.05, 3.63) is 45.9 Å². The van der Waals surface area contributed by atoms with Gasteiger partial charge in [0.15, 0.2) is 0 Å². The Bertz CT molecular complexity index is 788. The van der Waals surface area contributed by atoms with Crippen LogP contribution < -0.4 is 10.2 Å². The Kier molecular flexibility index (Phi) is 4.53. The van der Waals surface area contributed by atoms with E-state index in [2.05, 4.69) is 22.4 Å². The summed E-state index contributed by atoms with van der Waals surface area (Å²) in [4.78, 5) is 30.7. The van der Waals surface area contributed by atoms with Crippen molar-refractivity contribution in [2.24, 2.45) is 5.92 Å². The SMILES string of the molecule is O=C(NCCc1nccs1)C1CC(=O)N(c2ccc3c(c2)CCC3)C1. The quantitative estimate of drug-likeness (QED) is 0.895. The van der Waals surface area contributed by atoms with Crippen LogP contribution in [0.15, 0.2) is 29.8 Å². The molecule has 1 aliphatic heterocycles. The van der Waals surface area contributed by atoms with Crippen molar-refractivity contribution >= 4 is 28.8 Å². The van der Waals surface area contributed by atoms with E-state index in [1.54, 1.807) is 22.4 Å². The molecule has 2 amide bonds. The number of rotatable bonds is 5. The molecular weight excluding hydrogens is 334 g/mol. The van der Waals surface area contributed by atoms with Gasteiger partial charge in [-0.1, -0.05) is 6.07 Å². The number of amides is 2. The molecule has 6 heteroatoms. The Labute approximate surface area is 151 Å². The van der Waals surface area contributed by atoms with E-state index in [4.69, 9.17) is 0 Å². The van der Waals surface area contributed by atoms with Gasteiger partial charge >= 0.3 is 0 Å². The van der Waals surface area contributed by atoms with Gasteiger partial charge in [-0.25, -0.2) is 4.98 Å². The fraction of sp³-hybridized carbons (Fsp3) is 0.421. The highest BCUT2D eigenvalue weighted by Crippen LogP contribution is 2.30. The fourth-order valence-corrected chi connectivity index (χ4v) is 4.29. The smallest absolute Gasteiger partial charge is 0.227 e. The van der Waals surface area contributed by atoms with E-state index in [0.29, 0.717) is 19.5 Å². The number of fused-ring (bicyclic) bond motifs is 1. The summed E-state index contributed by atoms with van der Waals surface area (Å²) in [6.07, 6.45) is 6.21. The summed E-state index contributed by atoms with van der Waals surface area (Å²) in [7, 11) is 0. The maximum Gasteiger partial charge on any atom is 0.227 e. The molecule has 2 heterocycles. The van der Waals surface area contributed by atoms with Crippen molar-refractivity contribution in [1.29, 1.82) is 0 Å². The lowest BCUT2D eigenvalue weighted by Crippen LogP contribution is -2.34. The van der Waals surface area contributed by atoms with Gasteiger partial charge < -0.3 is 10.2 Å². The van der Waals surface area contributed by atoms with E-state index in [9.17, 15) is 9.59 Å². The maximum atomic E-state index is 12.4. The minimum Gasteiger partial charge on any atom is -0.355 e. The van der Waals surface area contributed by atoms with Gasteiger partial charge in [0.05, 0.1) is 10.9 Å². The number of benzene rings is 1. The highest BCUT2D eigenvalue weighted by atomic mass is 32.1. The van der Waals surface area contributed by atoms with Crippen molar-refractivity contribution in [2.75, 3.05) is 18.0 Å². The number of aromatic nitrogens is 1. The lowest BCUT2D eigenvalue weighted by atomic mass is 10.1. The molecule has 1 unspecified atom stereocenters. The minimum absolute atomic E-state index is 0.0337. The van der Waals surface area contributed by atoms with Crippen LogP contribution in [0.4, 0.5) is 5.69 Å². The average Bonchev–Trinajstić information content (AvgIpc) is 3.34. The number of carbonyl (C=O) groups is 2. The number of hydrogen-bond acceptors (Lipinski definition) is 4. The average molecular weight is 355 g/mol.